The van der Waals surface area contributed by atoms with Gasteiger partial charge in [-0.05, 0) is 19.2 Å². The zero-order valence-corrected chi connectivity index (χ0v) is 11.9. The largest absolute Gasteiger partial charge is 0.423 e. The summed E-state index contributed by atoms with van der Waals surface area (Å²) in [6, 6.07) is 6.06. The van der Waals surface area contributed by atoms with E-state index < -0.39 is 0 Å². The molecule has 7 heteroatoms. The number of anilines is 2. The molecule has 1 aliphatic rings. The van der Waals surface area contributed by atoms with E-state index in [1.807, 2.05) is 12.1 Å². The number of nitrogens with zero attached hydrogens (tertiary/aromatic N) is 2. The molecule has 112 valence electrons. The Bertz CT molecular complexity index is 634. The van der Waals surface area contributed by atoms with E-state index in [0.717, 1.165) is 18.6 Å². The van der Waals surface area contributed by atoms with Gasteiger partial charge in [-0.2, -0.15) is 4.98 Å². The first kappa shape index (κ1) is 13.8. The highest BCUT2D eigenvalue weighted by Gasteiger charge is 2.17. The van der Waals surface area contributed by atoms with Gasteiger partial charge < -0.3 is 24.7 Å². The van der Waals surface area contributed by atoms with Crippen LogP contribution in [0.5, 0.6) is 0 Å². The molecule has 21 heavy (non-hydrogen) atoms. The first-order valence-corrected chi connectivity index (χ1v) is 6.94. The van der Waals surface area contributed by atoms with E-state index in [-0.39, 0.29) is 12.5 Å². The van der Waals surface area contributed by atoms with Gasteiger partial charge >= 0.3 is 0 Å². The highest BCUT2D eigenvalue weighted by molar-refractivity contribution is 5.94. The smallest absolute Gasteiger partial charge is 0.298 e. The van der Waals surface area contributed by atoms with Crippen molar-refractivity contribution in [3.05, 3.63) is 18.2 Å². The van der Waals surface area contributed by atoms with Crippen LogP contribution in [0.4, 0.5) is 11.7 Å². The monoisotopic (exact) mass is 290 g/mol. The number of ether oxygens (including phenoxy) is 1. The van der Waals surface area contributed by atoms with Gasteiger partial charge in [-0.25, -0.2) is 0 Å². The standard InChI is InChI=1S/C14H18N4O3/c1-15-9-13(19)16-10-2-3-11-12(8-10)21-14(17-11)18-4-6-20-7-5-18/h2-3,8,15H,4-7,9H2,1H3,(H,16,19). The maximum absolute atomic E-state index is 11.6. The van der Waals surface area contributed by atoms with Gasteiger partial charge in [-0.3, -0.25) is 4.79 Å². The Morgan fingerprint density at radius 2 is 2.19 bits per heavy atom. The Morgan fingerprint density at radius 3 is 2.95 bits per heavy atom. The number of carbonyl (C=O) groups is 1. The van der Waals surface area contributed by atoms with Crippen molar-refractivity contribution in [3.8, 4) is 0 Å². The molecule has 0 aliphatic carbocycles. The number of hydrogen-bond donors (Lipinski definition) is 2. The van der Waals surface area contributed by atoms with Gasteiger partial charge in [-0.15, -0.1) is 0 Å². The van der Waals surface area contributed by atoms with Crippen LogP contribution in [0, 0.1) is 0 Å². The topological polar surface area (TPSA) is 79.6 Å². The summed E-state index contributed by atoms with van der Waals surface area (Å²) in [6.45, 7) is 3.19. The third-order valence-corrected chi connectivity index (χ3v) is 3.28. The molecule has 3 rings (SSSR count). The van der Waals surface area contributed by atoms with Crippen LogP contribution in [0.2, 0.25) is 0 Å². The fourth-order valence-electron chi connectivity index (χ4n) is 2.25. The minimum absolute atomic E-state index is 0.0928. The minimum Gasteiger partial charge on any atom is -0.423 e. The number of amides is 1. The lowest BCUT2D eigenvalue weighted by Crippen LogP contribution is -2.36. The third-order valence-electron chi connectivity index (χ3n) is 3.28. The van der Waals surface area contributed by atoms with Gasteiger partial charge in [0.2, 0.25) is 5.91 Å². The lowest BCUT2D eigenvalue weighted by molar-refractivity contribution is -0.115. The number of aromatic nitrogens is 1. The average molecular weight is 290 g/mol. The molecule has 1 aromatic carbocycles. The van der Waals surface area contributed by atoms with Crippen LogP contribution in [-0.4, -0.2) is 50.8 Å². The quantitative estimate of drug-likeness (QED) is 0.868. The summed E-state index contributed by atoms with van der Waals surface area (Å²) in [4.78, 5) is 18.1. The predicted octanol–water partition coefficient (Wildman–Crippen LogP) is 0.822. The lowest BCUT2D eigenvalue weighted by Gasteiger charge is -2.24. The second kappa shape index (κ2) is 6.11. The molecular weight excluding hydrogens is 272 g/mol. The second-order valence-electron chi connectivity index (χ2n) is 4.86. The number of benzene rings is 1. The zero-order chi connectivity index (χ0) is 14.7. The van der Waals surface area contributed by atoms with Crippen molar-refractivity contribution in [1.82, 2.24) is 10.3 Å². The Balaban J connectivity index is 1.79. The zero-order valence-electron chi connectivity index (χ0n) is 11.9. The van der Waals surface area contributed by atoms with Gasteiger partial charge in [0.15, 0.2) is 5.58 Å². The molecule has 2 N–H and O–H groups in total. The molecule has 0 spiro atoms. The van der Waals surface area contributed by atoms with E-state index in [2.05, 4.69) is 20.5 Å². The van der Waals surface area contributed by atoms with Crippen LogP contribution in [0.25, 0.3) is 11.1 Å². The first-order valence-electron chi connectivity index (χ1n) is 6.94. The van der Waals surface area contributed by atoms with E-state index >= 15 is 0 Å². The van der Waals surface area contributed by atoms with Gasteiger partial charge in [-0.1, -0.05) is 0 Å². The Hall–Kier alpha value is -2.12. The van der Waals surface area contributed by atoms with Gasteiger partial charge in [0, 0.05) is 24.8 Å². The number of nitrogens with one attached hydrogen (secondary N) is 2. The molecule has 0 saturated carbocycles. The fourth-order valence-corrected chi connectivity index (χ4v) is 2.25. The van der Waals surface area contributed by atoms with E-state index in [1.54, 1.807) is 13.1 Å². The summed E-state index contributed by atoms with van der Waals surface area (Å²) in [5.74, 6) is -0.0928. The molecule has 1 fully saturated rings. The number of morpholine rings is 1. The molecular formula is C14H18N4O3. The van der Waals surface area contributed by atoms with E-state index in [9.17, 15) is 4.79 Å². The average Bonchev–Trinajstić information content (AvgIpc) is 2.91. The van der Waals surface area contributed by atoms with Crippen LogP contribution >= 0.6 is 0 Å². The van der Waals surface area contributed by atoms with Gasteiger partial charge in [0.1, 0.15) is 5.52 Å². The summed E-state index contributed by atoms with van der Waals surface area (Å²) < 4.78 is 11.1. The predicted molar refractivity (Wildman–Crippen MR) is 79.6 cm³/mol. The van der Waals surface area contributed by atoms with Crippen molar-refractivity contribution in [1.29, 1.82) is 0 Å². The molecule has 2 heterocycles. The van der Waals surface area contributed by atoms with Crippen LogP contribution in [0.1, 0.15) is 0 Å². The molecule has 1 aromatic heterocycles. The summed E-state index contributed by atoms with van der Waals surface area (Å²) in [5, 5.41) is 5.61. The number of likely N-dealkylation sites (N-methyl/N-ethyl adjacent to an activating group) is 1. The Labute approximate surface area is 122 Å². The van der Waals surface area contributed by atoms with Gasteiger partial charge in [0.25, 0.3) is 6.01 Å². The van der Waals surface area contributed by atoms with Crippen molar-refractivity contribution in [2.24, 2.45) is 0 Å². The normalized spacial score (nSPS) is 15.4. The molecule has 0 unspecified atom stereocenters. The van der Waals surface area contributed by atoms with Crippen molar-refractivity contribution in [2.45, 2.75) is 0 Å². The summed E-state index contributed by atoms with van der Waals surface area (Å²) in [7, 11) is 1.73. The maximum atomic E-state index is 11.6. The number of oxazole rings is 1. The molecule has 0 atom stereocenters. The minimum atomic E-state index is -0.0928. The third kappa shape index (κ3) is 3.14. The summed E-state index contributed by atoms with van der Waals surface area (Å²) >= 11 is 0. The van der Waals surface area contributed by atoms with Crippen LogP contribution < -0.4 is 15.5 Å². The second-order valence-corrected chi connectivity index (χ2v) is 4.86. The number of carbonyl (C=O) groups excluding carboxylic acids is 1. The summed E-state index contributed by atoms with van der Waals surface area (Å²) in [5.41, 5.74) is 2.15. The number of rotatable bonds is 4. The number of fused-ring (bicyclic) bond motifs is 1. The molecule has 1 amide bonds. The summed E-state index contributed by atoms with van der Waals surface area (Å²) in [6.07, 6.45) is 0. The number of hydrogen-bond acceptors (Lipinski definition) is 6. The van der Waals surface area contributed by atoms with Gasteiger partial charge in [0.05, 0.1) is 19.8 Å². The maximum Gasteiger partial charge on any atom is 0.298 e. The van der Waals surface area contributed by atoms with Crippen LogP contribution in [0.3, 0.4) is 0 Å². The lowest BCUT2D eigenvalue weighted by atomic mass is 10.3. The molecule has 2 aromatic rings. The SMILES string of the molecule is CNCC(=O)Nc1ccc2nc(N3CCOCC3)oc2c1. The molecule has 0 bridgehead atoms. The highest BCUT2D eigenvalue weighted by atomic mass is 16.5. The van der Waals surface area contributed by atoms with Crippen molar-refractivity contribution >= 4 is 28.7 Å². The molecule has 1 aliphatic heterocycles. The molecule has 7 nitrogen and oxygen atoms in total. The molecule has 1 saturated heterocycles. The highest BCUT2D eigenvalue weighted by Crippen LogP contribution is 2.25. The van der Waals surface area contributed by atoms with Crippen LogP contribution in [0.15, 0.2) is 22.6 Å². The fraction of sp³-hybridized carbons (Fsp3) is 0.429. The van der Waals surface area contributed by atoms with Crippen LogP contribution in [-0.2, 0) is 9.53 Å². The van der Waals surface area contributed by atoms with Crippen molar-refractivity contribution in [2.75, 3.05) is 50.1 Å². The van der Waals surface area contributed by atoms with Crippen molar-refractivity contribution < 1.29 is 13.9 Å². The van der Waals surface area contributed by atoms with E-state index in [1.165, 1.54) is 0 Å². The Morgan fingerprint density at radius 1 is 1.38 bits per heavy atom. The first-order chi connectivity index (χ1) is 10.3. The van der Waals surface area contributed by atoms with E-state index in [4.69, 9.17) is 9.15 Å². The van der Waals surface area contributed by atoms with Crippen molar-refractivity contribution in [3.63, 3.8) is 0 Å². The molecule has 0 radical (unpaired) electrons. The Kier molecular flexibility index (Phi) is 4.03. The van der Waals surface area contributed by atoms with E-state index in [0.29, 0.717) is 30.5 Å².